The highest BCUT2D eigenvalue weighted by Gasteiger charge is 2.33. The molecule has 3 aliphatic heterocycles. The van der Waals surface area contributed by atoms with Crippen molar-refractivity contribution in [2.75, 3.05) is 32.7 Å². The van der Waals surface area contributed by atoms with E-state index < -0.39 is 11.9 Å². The third kappa shape index (κ3) is 6.18. The Morgan fingerprint density at radius 2 is 1.59 bits per heavy atom. The van der Waals surface area contributed by atoms with Crippen LogP contribution in [0.3, 0.4) is 0 Å². The van der Waals surface area contributed by atoms with Crippen molar-refractivity contribution in [2.24, 2.45) is 5.92 Å². The summed E-state index contributed by atoms with van der Waals surface area (Å²) in [6, 6.07) is 18.1. The van der Waals surface area contributed by atoms with Crippen molar-refractivity contribution < 1.29 is 28.6 Å². The van der Waals surface area contributed by atoms with E-state index in [-0.39, 0.29) is 18.6 Å². The number of β-amino-alcohol motifs (C(OH)–C–C–N with tert-alkyl or cyclic N) is 1. The number of carboxylic acid groups (broad SMARTS) is 1. The maximum absolute atomic E-state index is 13.0. The first-order valence-electron chi connectivity index (χ1n) is 17.3. The second-order valence-corrected chi connectivity index (χ2v) is 14.0. The molecule has 3 aromatic carbocycles. The highest BCUT2D eigenvalue weighted by Crippen LogP contribution is 2.39. The third-order valence-corrected chi connectivity index (χ3v) is 10.5. The van der Waals surface area contributed by atoms with Crippen molar-refractivity contribution in [1.29, 1.82) is 5.26 Å². The molecule has 0 aliphatic carbocycles. The summed E-state index contributed by atoms with van der Waals surface area (Å²) in [5.41, 5.74) is 8.89. The Morgan fingerprint density at radius 3 is 2.22 bits per heavy atom. The molecule has 12 nitrogen and oxygen atoms in total. The summed E-state index contributed by atoms with van der Waals surface area (Å²) in [6.07, 6.45) is 0.994. The lowest BCUT2D eigenvalue weighted by atomic mass is 9.91. The normalized spacial score (nSPS) is 19.2. The second-order valence-electron chi connectivity index (χ2n) is 14.0. The molecule has 0 radical (unpaired) electrons. The molecule has 0 bridgehead atoms. The fourth-order valence-corrected chi connectivity index (χ4v) is 7.71. The number of carbonyl (C=O) groups is 2. The first kappa shape index (κ1) is 32.8. The summed E-state index contributed by atoms with van der Waals surface area (Å²) < 4.78 is 12.5. The van der Waals surface area contributed by atoms with Crippen LogP contribution in [0.15, 0.2) is 57.4 Å². The molecular formula is C39H38N6O6. The minimum atomic E-state index is -0.812. The molecule has 2 saturated heterocycles. The lowest BCUT2D eigenvalue weighted by Gasteiger charge is -2.20. The van der Waals surface area contributed by atoms with Gasteiger partial charge in [-0.05, 0) is 85.3 Å². The zero-order valence-electron chi connectivity index (χ0n) is 28.6. The van der Waals surface area contributed by atoms with Gasteiger partial charge < -0.3 is 23.9 Å². The number of hydrogen-bond donors (Lipinski definition) is 2. The van der Waals surface area contributed by atoms with Crippen molar-refractivity contribution in [1.82, 2.24) is 24.7 Å². The molecule has 1 amide bonds. The van der Waals surface area contributed by atoms with Crippen LogP contribution in [0.5, 0.6) is 0 Å². The van der Waals surface area contributed by atoms with Gasteiger partial charge in [0.05, 0.1) is 37.2 Å². The number of rotatable bonds is 8. The van der Waals surface area contributed by atoms with Gasteiger partial charge in [0.25, 0.3) is 0 Å². The number of nitriles is 1. The van der Waals surface area contributed by atoms with Crippen LogP contribution in [0.4, 0.5) is 0 Å². The van der Waals surface area contributed by atoms with E-state index >= 15 is 0 Å². The van der Waals surface area contributed by atoms with E-state index in [0.29, 0.717) is 79.9 Å². The molecule has 0 saturated carbocycles. The number of oxazole rings is 2. The largest absolute Gasteiger partial charge is 0.481 e. The van der Waals surface area contributed by atoms with E-state index in [2.05, 4.69) is 23.1 Å². The quantitative estimate of drug-likeness (QED) is 0.223. The SMILES string of the molecule is Cc1c(-c2nc3c(o2)CN(C(=O)CN2CCC(C(=O)O)C2)C3)cccc1-c1cccc(-c2nc3cc(CN4CCC(O)C4)cc(C#N)c3o2)c1C. The van der Waals surface area contributed by atoms with E-state index in [1.165, 1.54) is 0 Å². The lowest BCUT2D eigenvalue weighted by Crippen LogP contribution is -2.37. The van der Waals surface area contributed by atoms with Gasteiger partial charge >= 0.3 is 5.97 Å². The summed E-state index contributed by atoms with van der Waals surface area (Å²) in [4.78, 5) is 39.8. The molecular weight excluding hydrogens is 648 g/mol. The third-order valence-electron chi connectivity index (χ3n) is 10.5. The second kappa shape index (κ2) is 13.1. The molecule has 0 spiro atoms. The predicted octanol–water partition coefficient (Wildman–Crippen LogP) is 5.12. The van der Waals surface area contributed by atoms with E-state index in [1.54, 1.807) is 4.90 Å². The molecule has 51 heavy (non-hydrogen) atoms. The Kier molecular flexibility index (Phi) is 8.42. The van der Waals surface area contributed by atoms with Gasteiger partial charge in [-0.3, -0.25) is 19.4 Å². The minimum Gasteiger partial charge on any atom is -0.481 e. The van der Waals surface area contributed by atoms with Crippen LogP contribution in [0.25, 0.3) is 45.1 Å². The number of amides is 1. The van der Waals surface area contributed by atoms with Crippen molar-refractivity contribution in [3.8, 4) is 40.1 Å². The fourth-order valence-electron chi connectivity index (χ4n) is 7.71. The average molecular weight is 687 g/mol. The number of hydrogen-bond acceptors (Lipinski definition) is 10. The Hall–Kier alpha value is -5.35. The van der Waals surface area contributed by atoms with E-state index in [9.17, 15) is 25.1 Å². The fraction of sp³-hybridized carbons (Fsp3) is 0.359. The molecule has 8 rings (SSSR count). The molecule has 2 atom stereocenters. The molecule has 5 heterocycles. The van der Waals surface area contributed by atoms with Crippen molar-refractivity contribution in [3.63, 3.8) is 0 Å². The van der Waals surface area contributed by atoms with Gasteiger partial charge in [-0.1, -0.05) is 24.3 Å². The number of carboxylic acids is 1. The van der Waals surface area contributed by atoms with E-state index in [1.807, 2.05) is 55.1 Å². The van der Waals surface area contributed by atoms with Gasteiger partial charge in [0.2, 0.25) is 17.7 Å². The smallest absolute Gasteiger partial charge is 0.307 e. The minimum absolute atomic E-state index is 0.0598. The lowest BCUT2D eigenvalue weighted by molar-refractivity contribution is -0.141. The number of benzene rings is 3. The van der Waals surface area contributed by atoms with Crippen LogP contribution in [0.1, 0.15) is 46.5 Å². The van der Waals surface area contributed by atoms with Gasteiger partial charge in [0.15, 0.2) is 5.58 Å². The van der Waals surface area contributed by atoms with Crippen LogP contribution >= 0.6 is 0 Å². The van der Waals surface area contributed by atoms with Crippen molar-refractivity contribution >= 4 is 23.0 Å². The number of carbonyl (C=O) groups excluding carboxylic acids is 1. The Morgan fingerprint density at radius 1 is 0.902 bits per heavy atom. The zero-order chi connectivity index (χ0) is 35.4. The van der Waals surface area contributed by atoms with Gasteiger partial charge in [-0.25, -0.2) is 9.97 Å². The van der Waals surface area contributed by atoms with Gasteiger partial charge in [-0.15, -0.1) is 0 Å². The average Bonchev–Trinajstić information content (AvgIpc) is 3.94. The standard InChI is InChI=1S/C39H38N6O6/c1-22-28(5-3-7-30(22)37-42-33-19-45(20-34(33)50-37)35(47)21-44-11-9-25(17-44)39(48)49)29-6-4-8-31(23(29)2)38-41-32-14-24(13-26(15-40)36(32)51-38)16-43-12-10-27(46)18-43/h3-8,13-14,25,27,46H,9-12,16-21H2,1-2H3,(H,48,49). The summed E-state index contributed by atoms with van der Waals surface area (Å²) in [7, 11) is 0. The maximum Gasteiger partial charge on any atom is 0.307 e. The van der Waals surface area contributed by atoms with Crippen LogP contribution in [-0.4, -0.2) is 85.6 Å². The first-order valence-corrected chi connectivity index (χ1v) is 17.3. The Bertz CT molecular complexity index is 2210. The topological polar surface area (TPSA) is 160 Å². The number of aliphatic carboxylic acids is 1. The van der Waals surface area contributed by atoms with E-state index in [0.717, 1.165) is 57.6 Å². The van der Waals surface area contributed by atoms with Gasteiger partial charge in [-0.2, -0.15) is 5.26 Å². The number of fused-ring (bicyclic) bond motifs is 2. The van der Waals surface area contributed by atoms with Crippen LogP contribution in [0, 0.1) is 31.1 Å². The van der Waals surface area contributed by atoms with Gasteiger partial charge in [0.1, 0.15) is 23.0 Å². The van der Waals surface area contributed by atoms with Gasteiger partial charge in [0, 0.05) is 37.3 Å². The predicted molar refractivity (Wildman–Crippen MR) is 187 cm³/mol. The number of aliphatic hydroxyl groups is 1. The molecule has 2 fully saturated rings. The Balaban J connectivity index is 1.02. The number of aliphatic hydroxyl groups excluding tert-OH is 1. The number of aromatic nitrogens is 2. The Labute approximate surface area is 294 Å². The highest BCUT2D eigenvalue weighted by atomic mass is 16.4. The molecule has 2 N–H and O–H groups in total. The summed E-state index contributed by atoms with van der Waals surface area (Å²) in [5.74, 6) is 0.323. The first-order chi connectivity index (χ1) is 24.6. The molecule has 2 unspecified atom stereocenters. The van der Waals surface area contributed by atoms with Crippen LogP contribution in [-0.2, 0) is 29.2 Å². The van der Waals surface area contributed by atoms with Crippen molar-refractivity contribution in [3.05, 3.63) is 82.2 Å². The van der Waals surface area contributed by atoms with E-state index in [4.69, 9.17) is 18.8 Å². The molecule has 12 heteroatoms. The summed E-state index contributed by atoms with van der Waals surface area (Å²) in [6.45, 7) is 8.01. The highest BCUT2D eigenvalue weighted by molar-refractivity contribution is 5.85. The molecule has 5 aromatic rings. The van der Waals surface area contributed by atoms with Crippen LogP contribution in [0.2, 0.25) is 0 Å². The molecule has 3 aliphatic rings. The monoisotopic (exact) mass is 686 g/mol. The molecule has 2 aromatic heterocycles. The van der Waals surface area contributed by atoms with Crippen LogP contribution < -0.4 is 0 Å². The maximum atomic E-state index is 13.0. The van der Waals surface area contributed by atoms with Crippen molar-refractivity contribution in [2.45, 2.75) is 52.4 Å². The summed E-state index contributed by atoms with van der Waals surface area (Å²) in [5, 5.41) is 29.2. The number of nitrogens with zero attached hydrogens (tertiary/aromatic N) is 6. The zero-order valence-corrected chi connectivity index (χ0v) is 28.6. The molecule has 260 valence electrons. The number of likely N-dealkylation sites (tertiary alicyclic amines) is 2. The summed E-state index contributed by atoms with van der Waals surface area (Å²) >= 11 is 0.